The van der Waals surface area contributed by atoms with Gasteiger partial charge in [-0.15, -0.1) is 0 Å². The smallest absolute Gasteiger partial charge is 0.0875 e. The number of aliphatic hydroxyl groups is 1. The minimum absolute atomic E-state index is 0.0481. The Balaban J connectivity index is 1.79. The van der Waals surface area contributed by atoms with Crippen molar-refractivity contribution in [2.75, 3.05) is 26.3 Å². The molecule has 0 aliphatic carbocycles. The first kappa shape index (κ1) is 14.3. The van der Waals surface area contributed by atoms with E-state index in [0.29, 0.717) is 13.2 Å². The van der Waals surface area contributed by atoms with Crippen LogP contribution in [0.4, 0.5) is 0 Å². The molecule has 4 heteroatoms. The number of piperidine rings is 1. The summed E-state index contributed by atoms with van der Waals surface area (Å²) in [6, 6.07) is 0. The Labute approximate surface area is 110 Å². The molecule has 0 aromatic heterocycles. The highest BCUT2D eigenvalue weighted by molar-refractivity contribution is 4.93. The fourth-order valence-corrected chi connectivity index (χ4v) is 2.87. The van der Waals surface area contributed by atoms with E-state index in [1.807, 2.05) is 13.8 Å². The van der Waals surface area contributed by atoms with Crippen molar-refractivity contribution in [1.29, 1.82) is 0 Å². The number of rotatable bonds is 5. The van der Waals surface area contributed by atoms with E-state index in [1.165, 1.54) is 0 Å². The largest absolute Gasteiger partial charge is 0.388 e. The third-order valence-corrected chi connectivity index (χ3v) is 4.59. The highest BCUT2D eigenvalue weighted by atomic mass is 16.6. The van der Waals surface area contributed by atoms with Gasteiger partial charge in [0.2, 0.25) is 0 Å². The van der Waals surface area contributed by atoms with Gasteiger partial charge in [-0.05, 0) is 38.8 Å². The molecule has 2 heterocycles. The molecule has 2 saturated heterocycles. The zero-order valence-corrected chi connectivity index (χ0v) is 11.7. The summed E-state index contributed by atoms with van der Waals surface area (Å²) < 4.78 is 11.9. The molecule has 0 saturated carbocycles. The van der Waals surface area contributed by atoms with E-state index < -0.39 is 5.60 Å². The standard InChI is InChI=1S/C14H27NO3/c1-3-13(16,4-2)11-17-12-9-14(18-10-12)5-7-15-8-6-14/h12,15-16H,3-11H2,1-2H3. The minimum atomic E-state index is -0.663. The van der Waals surface area contributed by atoms with Crippen LogP contribution in [0.5, 0.6) is 0 Å². The second-order valence-corrected chi connectivity index (χ2v) is 5.81. The van der Waals surface area contributed by atoms with Crippen LogP contribution in [0, 0.1) is 0 Å². The van der Waals surface area contributed by atoms with E-state index in [2.05, 4.69) is 5.32 Å². The first-order valence-corrected chi connectivity index (χ1v) is 7.30. The summed E-state index contributed by atoms with van der Waals surface area (Å²) in [5.41, 5.74) is -0.615. The molecule has 2 aliphatic rings. The van der Waals surface area contributed by atoms with Gasteiger partial charge in [-0.25, -0.2) is 0 Å². The van der Waals surface area contributed by atoms with Crippen LogP contribution < -0.4 is 5.32 Å². The van der Waals surface area contributed by atoms with Crippen molar-refractivity contribution in [2.24, 2.45) is 0 Å². The monoisotopic (exact) mass is 257 g/mol. The molecule has 0 bridgehead atoms. The van der Waals surface area contributed by atoms with Crippen molar-refractivity contribution in [1.82, 2.24) is 5.32 Å². The first-order chi connectivity index (χ1) is 8.61. The van der Waals surface area contributed by atoms with Gasteiger partial charge in [0.15, 0.2) is 0 Å². The SMILES string of the molecule is CCC(O)(CC)COC1COC2(CCNCC2)C1. The summed E-state index contributed by atoms with van der Waals surface area (Å²) in [4.78, 5) is 0. The highest BCUT2D eigenvalue weighted by Crippen LogP contribution is 2.35. The predicted molar refractivity (Wildman–Crippen MR) is 70.7 cm³/mol. The van der Waals surface area contributed by atoms with E-state index in [4.69, 9.17) is 9.47 Å². The van der Waals surface area contributed by atoms with E-state index in [1.54, 1.807) is 0 Å². The highest BCUT2D eigenvalue weighted by Gasteiger charge is 2.42. The number of nitrogens with one attached hydrogen (secondary N) is 1. The van der Waals surface area contributed by atoms with Crippen molar-refractivity contribution < 1.29 is 14.6 Å². The van der Waals surface area contributed by atoms with Crippen LogP contribution in [0.3, 0.4) is 0 Å². The average molecular weight is 257 g/mol. The van der Waals surface area contributed by atoms with Crippen molar-refractivity contribution in [3.05, 3.63) is 0 Å². The zero-order valence-electron chi connectivity index (χ0n) is 11.7. The molecule has 0 aromatic rings. The zero-order chi connectivity index (χ0) is 13.1. The second kappa shape index (κ2) is 5.87. The number of hydrogen-bond donors (Lipinski definition) is 2. The Bertz CT molecular complexity index is 260. The molecule has 2 rings (SSSR count). The maximum Gasteiger partial charge on any atom is 0.0875 e. The van der Waals surface area contributed by atoms with Crippen LogP contribution in [0.1, 0.15) is 46.0 Å². The second-order valence-electron chi connectivity index (χ2n) is 5.81. The molecule has 106 valence electrons. The molecule has 2 fully saturated rings. The van der Waals surface area contributed by atoms with Crippen molar-refractivity contribution in [2.45, 2.75) is 63.3 Å². The molecule has 1 atom stereocenters. The molecule has 4 nitrogen and oxygen atoms in total. The molecule has 1 unspecified atom stereocenters. The summed E-state index contributed by atoms with van der Waals surface area (Å²) in [6.45, 7) is 7.21. The van der Waals surface area contributed by atoms with Gasteiger partial charge in [0.1, 0.15) is 0 Å². The van der Waals surface area contributed by atoms with E-state index in [9.17, 15) is 5.11 Å². The molecule has 2 aliphatic heterocycles. The maximum atomic E-state index is 10.2. The lowest BCUT2D eigenvalue weighted by Gasteiger charge is -2.33. The lowest BCUT2D eigenvalue weighted by Crippen LogP contribution is -2.42. The topological polar surface area (TPSA) is 50.7 Å². The lowest BCUT2D eigenvalue weighted by atomic mass is 9.89. The van der Waals surface area contributed by atoms with E-state index in [-0.39, 0.29) is 11.7 Å². The van der Waals surface area contributed by atoms with Crippen molar-refractivity contribution in [3.8, 4) is 0 Å². The summed E-state index contributed by atoms with van der Waals surface area (Å²) in [7, 11) is 0. The summed E-state index contributed by atoms with van der Waals surface area (Å²) in [6.07, 6.45) is 4.79. The van der Waals surface area contributed by atoms with Crippen LogP contribution in [-0.2, 0) is 9.47 Å². The quantitative estimate of drug-likeness (QED) is 0.783. The van der Waals surface area contributed by atoms with E-state index >= 15 is 0 Å². The molecular formula is C14H27NO3. The minimum Gasteiger partial charge on any atom is -0.388 e. The van der Waals surface area contributed by atoms with Crippen molar-refractivity contribution in [3.63, 3.8) is 0 Å². The molecule has 0 aromatic carbocycles. The Kier molecular flexibility index (Phi) is 4.64. The molecule has 0 radical (unpaired) electrons. The van der Waals surface area contributed by atoms with Gasteiger partial charge in [0.25, 0.3) is 0 Å². The van der Waals surface area contributed by atoms with E-state index in [0.717, 1.165) is 45.2 Å². The molecule has 0 amide bonds. The third-order valence-electron chi connectivity index (χ3n) is 4.59. The maximum absolute atomic E-state index is 10.2. The van der Waals surface area contributed by atoms with Gasteiger partial charge in [0, 0.05) is 6.42 Å². The Morgan fingerprint density at radius 1 is 1.33 bits per heavy atom. The number of hydrogen-bond acceptors (Lipinski definition) is 4. The normalized spacial score (nSPS) is 27.8. The molecule has 1 spiro atoms. The number of ether oxygens (including phenoxy) is 2. The van der Waals surface area contributed by atoms with Gasteiger partial charge in [0.05, 0.1) is 30.5 Å². The van der Waals surface area contributed by atoms with Gasteiger partial charge < -0.3 is 19.9 Å². The van der Waals surface area contributed by atoms with Crippen LogP contribution in [0.15, 0.2) is 0 Å². The fraction of sp³-hybridized carbons (Fsp3) is 1.00. The molecular weight excluding hydrogens is 230 g/mol. The van der Waals surface area contributed by atoms with Crippen LogP contribution in [0.2, 0.25) is 0 Å². The predicted octanol–water partition coefficient (Wildman–Crippen LogP) is 1.47. The third kappa shape index (κ3) is 3.23. The summed E-state index contributed by atoms with van der Waals surface area (Å²) in [5, 5.41) is 13.6. The van der Waals surface area contributed by atoms with Crippen LogP contribution >= 0.6 is 0 Å². The van der Waals surface area contributed by atoms with Gasteiger partial charge >= 0.3 is 0 Å². The lowest BCUT2D eigenvalue weighted by molar-refractivity contribution is -0.0777. The summed E-state index contributed by atoms with van der Waals surface area (Å²) >= 11 is 0. The van der Waals surface area contributed by atoms with Gasteiger partial charge in [-0.3, -0.25) is 0 Å². The Hall–Kier alpha value is -0.160. The molecule has 18 heavy (non-hydrogen) atoms. The molecule has 2 N–H and O–H groups in total. The van der Waals surface area contributed by atoms with Crippen molar-refractivity contribution >= 4 is 0 Å². The Morgan fingerprint density at radius 2 is 2.00 bits per heavy atom. The summed E-state index contributed by atoms with van der Waals surface area (Å²) in [5.74, 6) is 0. The average Bonchev–Trinajstić information content (AvgIpc) is 2.80. The van der Waals surface area contributed by atoms with Gasteiger partial charge in [-0.2, -0.15) is 0 Å². The van der Waals surface area contributed by atoms with Gasteiger partial charge in [-0.1, -0.05) is 13.8 Å². The fourth-order valence-electron chi connectivity index (χ4n) is 2.87. The first-order valence-electron chi connectivity index (χ1n) is 7.30. The van der Waals surface area contributed by atoms with Crippen LogP contribution in [0.25, 0.3) is 0 Å². The Morgan fingerprint density at radius 3 is 2.61 bits per heavy atom. The van der Waals surface area contributed by atoms with Crippen LogP contribution in [-0.4, -0.2) is 48.7 Å².